The number of hydrogen-bond donors (Lipinski definition) is 0. The van der Waals surface area contributed by atoms with Crippen molar-refractivity contribution in [3.63, 3.8) is 0 Å². The molecule has 0 bridgehead atoms. The SMILES string of the molecule is Cc1ccc(C)n1-c1cc(Cc2cnn(-c3ccc(F)cc3)c2)cc(-n2c(C)ccc2C)n1. The fraction of sp³-hybridized carbons (Fsp3) is 0.185. The maximum atomic E-state index is 13.3. The zero-order valence-electron chi connectivity index (χ0n) is 19.2. The van der Waals surface area contributed by atoms with Gasteiger partial charge in [-0.05, 0) is 99.5 Å². The van der Waals surface area contributed by atoms with Crippen molar-refractivity contribution in [1.82, 2.24) is 23.9 Å². The highest BCUT2D eigenvalue weighted by Crippen LogP contribution is 2.23. The third-order valence-corrected chi connectivity index (χ3v) is 5.99. The van der Waals surface area contributed by atoms with E-state index in [1.165, 1.54) is 12.1 Å². The fourth-order valence-corrected chi connectivity index (χ4v) is 4.37. The molecule has 0 atom stereocenters. The summed E-state index contributed by atoms with van der Waals surface area (Å²) < 4.78 is 19.4. The van der Waals surface area contributed by atoms with Crippen LogP contribution in [0.3, 0.4) is 0 Å². The number of halogens is 1. The molecule has 0 aliphatic rings. The molecular weight excluding hydrogens is 413 g/mol. The summed E-state index contributed by atoms with van der Waals surface area (Å²) in [4.78, 5) is 5.03. The fourth-order valence-electron chi connectivity index (χ4n) is 4.37. The number of pyridine rings is 1. The molecule has 0 saturated carbocycles. The molecule has 0 fully saturated rings. The topological polar surface area (TPSA) is 40.6 Å². The Balaban J connectivity index is 1.57. The summed E-state index contributed by atoms with van der Waals surface area (Å²) in [7, 11) is 0. The summed E-state index contributed by atoms with van der Waals surface area (Å²) in [6.45, 7) is 8.39. The van der Waals surface area contributed by atoms with Crippen LogP contribution in [0.2, 0.25) is 0 Å². The van der Waals surface area contributed by atoms with Gasteiger partial charge < -0.3 is 9.13 Å². The van der Waals surface area contributed by atoms with Gasteiger partial charge in [-0.3, -0.25) is 0 Å². The summed E-state index contributed by atoms with van der Waals surface area (Å²) in [5.74, 6) is 1.55. The standard InChI is InChI=1S/C27H26FN5/c1-18-5-6-19(2)32(18)26-14-22(15-27(30-26)33-20(3)7-8-21(33)4)13-23-16-29-31(17-23)25-11-9-24(28)10-12-25/h5-12,14-17H,13H2,1-4H3. The Kier molecular flexibility index (Phi) is 5.21. The van der Waals surface area contributed by atoms with Gasteiger partial charge in [0.2, 0.25) is 0 Å². The lowest BCUT2D eigenvalue weighted by Gasteiger charge is -2.15. The Hall–Kier alpha value is -3.93. The van der Waals surface area contributed by atoms with Crippen molar-refractivity contribution in [2.45, 2.75) is 34.1 Å². The third kappa shape index (κ3) is 4.00. The van der Waals surface area contributed by atoms with Crippen molar-refractivity contribution < 1.29 is 4.39 Å². The molecule has 0 radical (unpaired) electrons. The Labute approximate surface area is 192 Å². The van der Waals surface area contributed by atoms with E-state index in [0.29, 0.717) is 6.42 Å². The Morgan fingerprint density at radius 1 is 0.697 bits per heavy atom. The normalized spacial score (nSPS) is 11.3. The van der Waals surface area contributed by atoms with E-state index in [-0.39, 0.29) is 5.82 Å². The molecular formula is C27H26FN5. The summed E-state index contributed by atoms with van der Waals surface area (Å²) >= 11 is 0. The van der Waals surface area contributed by atoms with Crippen LogP contribution < -0.4 is 0 Å². The summed E-state index contributed by atoms with van der Waals surface area (Å²) in [5.41, 5.74) is 7.64. The van der Waals surface area contributed by atoms with Gasteiger partial charge in [0.1, 0.15) is 17.5 Å². The minimum absolute atomic E-state index is 0.255. The highest BCUT2D eigenvalue weighted by molar-refractivity contribution is 5.44. The van der Waals surface area contributed by atoms with Gasteiger partial charge in [-0.1, -0.05) is 0 Å². The molecule has 0 amide bonds. The van der Waals surface area contributed by atoms with Crippen LogP contribution in [-0.2, 0) is 6.42 Å². The van der Waals surface area contributed by atoms with Crippen LogP contribution in [0, 0.1) is 33.5 Å². The molecule has 4 heterocycles. The van der Waals surface area contributed by atoms with Gasteiger partial charge in [-0.25, -0.2) is 14.1 Å². The average Bonchev–Trinajstić information content (AvgIpc) is 3.48. The first-order valence-electron chi connectivity index (χ1n) is 11.0. The lowest BCUT2D eigenvalue weighted by Crippen LogP contribution is -2.09. The Bertz CT molecular complexity index is 1330. The lowest BCUT2D eigenvalue weighted by molar-refractivity contribution is 0.627. The highest BCUT2D eigenvalue weighted by atomic mass is 19.1. The molecule has 166 valence electrons. The Morgan fingerprint density at radius 2 is 1.21 bits per heavy atom. The molecule has 6 heteroatoms. The lowest BCUT2D eigenvalue weighted by atomic mass is 10.1. The predicted molar refractivity (Wildman–Crippen MR) is 128 cm³/mol. The van der Waals surface area contributed by atoms with Gasteiger partial charge in [-0.2, -0.15) is 5.10 Å². The molecule has 0 aliphatic heterocycles. The molecule has 5 rings (SSSR count). The van der Waals surface area contributed by atoms with E-state index in [4.69, 9.17) is 4.98 Å². The van der Waals surface area contributed by atoms with E-state index in [9.17, 15) is 4.39 Å². The van der Waals surface area contributed by atoms with Gasteiger partial charge in [0.25, 0.3) is 0 Å². The van der Waals surface area contributed by atoms with Crippen molar-refractivity contribution in [2.24, 2.45) is 0 Å². The van der Waals surface area contributed by atoms with Crippen molar-refractivity contribution in [3.8, 4) is 17.3 Å². The highest BCUT2D eigenvalue weighted by Gasteiger charge is 2.13. The third-order valence-electron chi connectivity index (χ3n) is 5.99. The van der Waals surface area contributed by atoms with Gasteiger partial charge in [-0.15, -0.1) is 0 Å². The molecule has 0 spiro atoms. The summed E-state index contributed by atoms with van der Waals surface area (Å²) in [6.07, 6.45) is 4.56. The molecule has 1 aromatic carbocycles. The van der Waals surface area contributed by atoms with Crippen LogP contribution in [0.25, 0.3) is 17.3 Å². The van der Waals surface area contributed by atoms with E-state index in [2.05, 4.69) is 78.3 Å². The number of aromatic nitrogens is 5. The monoisotopic (exact) mass is 439 g/mol. The van der Waals surface area contributed by atoms with E-state index in [1.54, 1.807) is 16.8 Å². The predicted octanol–water partition coefficient (Wildman–Crippen LogP) is 5.81. The molecule has 0 saturated heterocycles. The van der Waals surface area contributed by atoms with Crippen LogP contribution in [0.15, 0.2) is 73.1 Å². The van der Waals surface area contributed by atoms with E-state index in [0.717, 1.165) is 51.2 Å². The zero-order valence-corrected chi connectivity index (χ0v) is 19.2. The van der Waals surface area contributed by atoms with E-state index in [1.807, 2.05) is 12.4 Å². The molecule has 0 unspecified atom stereocenters. The van der Waals surface area contributed by atoms with Crippen LogP contribution >= 0.6 is 0 Å². The van der Waals surface area contributed by atoms with Gasteiger partial charge in [0.05, 0.1) is 11.9 Å². The number of nitrogens with zero attached hydrogens (tertiary/aromatic N) is 5. The first-order chi connectivity index (χ1) is 15.9. The number of hydrogen-bond acceptors (Lipinski definition) is 2. The largest absolute Gasteiger partial charge is 0.303 e. The van der Waals surface area contributed by atoms with Crippen molar-refractivity contribution in [3.05, 3.63) is 113 Å². The van der Waals surface area contributed by atoms with E-state index >= 15 is 0 Å². The van der Waals surface area contributed by atoms with Gasteiger partial charge >= 0.3 is 0 Å². The minimum atomic E-state index is -0.255. The second kappa shape index (κ2) is 8.20. The molecule has 5 nitrogen and oxygen atoms in total. The average molecular weight is 440 g/mol. The molecule has 4 aromatic heterocycles. The number of benzene rings is 1. The quantitative estimate of drug-likeness (QED) is 0.347. The first kappa shape index (κ1) is 20.9. The maximum Gasteiger partial charge on any atom is 0.139 e. The Morgan fingerprint density at radius 3 is 1.73 bits per heavy atom. The van der Waals surface area contributed by atoms with Gasteiger partial charge in [0.15, 0.2) is 0 Å². The van der Waals surface area contributed by atoms with Gasteiger partial charge in [0, 0.05) is 35.4 Å². The number of rotatable bonds is 5. The molecule has 5 aromatic rings. The van der Waals surface area contributed by atoms with Crippen LogP contribution in [0.4, 0.5) is 4.39 Å². The molecule has 33 heavy (non-hydrogen) atoms. The van der Waals surface area contributed by atoms with Crippen LogP contribution in [0.5, 0.6) is 0 Å². The molecule has 0 aliphatic carbocycles. The van der Waals surface area contributed by atoms with E-state index < -0.39 is 0 Å². The van der Waals surface area contributed by atoms with Crippen molar-refractivity contribution >= 4 is 0 Å². The smallest absolute Gasteiger partial charge is 0.139 e. The first-order valence-corrected chi connectivity index (χ1v) is 11.0. The second-order valence-electron chi connectivity index (χ2n) is 8.54. The maximum absolute atomic E-state index is 13.3. The van der Waals surface area contributed by atoms with Crippen LogP contribution in [0.1, 0.15) is 33.9 Å². The number of aryl methyl sites for hydroxylation is 4. The van der Waals surface area contributed by atoms with Crippen LogP contribution in [-0.4, -0.2) is 23.9 Å². The van der Waals surface area contributed by atoms with Crippen molar-refractivity contribution in [1.29, 1.82) is 0 Å². The second-order valence-corrected chi connectivity index (χ2v) is 8.54. The summed E-state index contributed by atoms with van der Waals surface area (Å²) in [6, 6.07) is 19.1. The minimum Gasteiger partial charge on any atom is -0.303 e. The summed E-state index contributed by atoms with van der Waals surface area (Å²) in [5, 5.41) is 4.48. The molecule has 0 N–H and O–H groups in total. The zero-order chi connectivity index (χ0) is 23.1. The van der Waals surface area contributed by atoms with Crippen molar-refractivity contribution in [2.75, 3.05) is 0 Å².